The van der Waals surface area contributed by atoms with E-state index in [1.54, 1.807) is 0 Å². The lowest BCUT2D eigenvalue weighted by Crippen LogP contribution is -2.36. The molecule has 0 aromatic heterocycles. The zero-order valence-corrected chi connectivity index (χ0v) is 15.2. The van der Waals surface area contributed by atoms with E-state index in [0.29, 0.717) is 6.61 Å². The molecule has 2 aliphatic rings. The molecule has 4 rings (SSSR count). The third-order valence-electron chi connectivity index (χ3n) is 5.77. The highest BCUT2D eigenvalue weighted by Crippen LogP contribution is 2.44. The van der Waals surface area contributed by atoms with Crippen LogP contribution in [0.5, 0.6) is 0 Å². The molecule has 2 aromatic rings. The molecular formula is C23H27NO2. The highest BCUT2D eigenvalue weighted by molar-refractivity contribution is 5.79. The molecule has 0 aliphatic heterocycles. The number of hydrogen-bond donors (Lipinski definition) is 1. The van der Waals surface area contributed by atoms with E-state index in [4.69, 9.17) is 4.74 Å². The van der Waals surface area contributed by atoms with E-state index in [0.717, 1.165) is 12.8 Å². The fraction of sp³-hybridized carbons (Fsp3) is 0.435. The highest BCUT2D eigenvalue weighted by Gasteiger charge is 2.29. The van der Waals surface area contributed by atoms with Crippen molar-refractivity contribution in [1.29, 1.82) is 0 Å². The van der Waals surface area contributed by atoms with E-state index >= 15 is 0 Å². The number of alkyl carbamates (subject to hydrolysis) is 1. The Labute approximate surface area is 155 Å². The van der Waals surface area contributed by atoms with E-state index in [9.17, 15) is 4.79 Å². The number of amides is 1. The van der Waals surface area contributed by atoms with Gasteiger partial charge in [0.05, 0.1) is 0 Å². The molecule has 3 heteroatoms. The summed E-state index contributed by atoms with van der Waals surface area (Å²) in [5.41, 5.74) is 5.04. The second kappa shape index (κ2) is 7.94. The van der Waals surface area contributed by atoms with Crippen LogP contribution in [0, 0.1) is 0 Å². The Bertz CT molecular complexity index is 717. The number of fused-ring (bicyclic) bond motifs is 3. The molecule has 0 atom stereocenters. The molecular weight excluding hydrogens is 322 g/mol. The van der Waals surface area contributed by atoms with Crippen LogP contribution in [-0.2, 0) is 4.74 Å². The number of carbonyl (C=O) groups excluding carboxylic acids is 1. The van der Waals surface area contributed by atoms with Crippen LogP contribution in [0.15, 0.2) is 48.5 Å². The van der Waals surface area contributed by atoms with Crippen molar-refractivity contribution in [2.75, 3.05) is 6.61 Å². The number of benzene rings is 2. The van der Waals surface area contributed by atoms with E-state index in [1.807, 2.05) is 0 Å². The topological polar surface area (TPSA) is 38.3 Å². The molecule has 0 radical (unpaired) electrons. The summed E-state index contributed by atoms with van der Waals surface area (Å²) in [4.78, 5) is 12.4. The number of hydrogen-bond acceptors (Lipinski definition) is 2. The zero-order valence-electron chi connectivity index (χ0n) is 15.2. The Balaban J connectivity index is 1.40. The fourth-order valence-corrected chi connectivity index (χ4v) is 4.41. The van der Waals surface area contributed by atoms with Gasteiger partial charge in [-0.1, -0.05) is 80.6 Å². The first-order valence-corrected chi connectivity index (χ1v) is 9.94. The number of carbonyl (C=O) groups is 1. The Kier molecular flexibility index (Phi) is 5.24. The SMILES string of the molecule is O=C(NC1CCCCCCC1)OCC1c2ccccc2-c2ccccc21. The molecule has 26 heavy (non-hydrogen) atoms. The maximum atomic E-state index is 12.4. The summed E-state index contributed by atoms with van der Waals surface area (Å²) in [5.74, 6) is 0.130. The Morgan fingerprint density at radius 2 is 1.38 bits per heavy atom. The molecule has 0 saturated heterocycles. The van der Waals surface area contributed by atoms with Crippen molar-refractivity contribution >= 4 is 6.09 Å². The van der Waals surface area contributed by atoms with Gasteiger partial charge in [-0.05, 0) is 35.1 Å². The molecule has 1 saturated carbocycles. The van der Waals surface area contributed by atoms with Crippen LogP contribution in [-0.4, -0.2) is 18.7 Å². The predicted molar refractivity (Wildman–Crippen MR) is 104 cm³/mol. The van der Waals surface area contributed by atoms with Crippen molar-refractivity contribution in [1.82, 2.24) is 5.32 Å². The number of rotatable bonds is 3. The second-order valence-corrected chi connectivity index (χ2v) is 7.51. The molecule has 3 nitrogen and oxygen atoms in total. The quantitative estimate of drug-likeness (QED) is 0.779. The second-order valence-electron chi connectivity index (χ2n) is 7.51. The summed E-state index contributed by atoms with van der Waals surface area (Å²) in [5, 5.41) is 3.10. The van der Waals surface area contributed by atoms with Crippen LogP contribution in [0.4, 0.5) is 4.79 Å². The van der Waals surface area contributed by atoms with Gasteiger partial charge in [0.2, 0.25) is 0 Å². The average molecular weight is 349 g/mol. The van der Waals surface area contributed by atoms with Gasteiger partial charge >= 0.3 is 6.09 Å². The number of ether oxygens (including phenoxy) is 1. The molecule has 136 valence electrons. The summed E-state index contributed by atoms with van der Waals surface area (Å²) in [6, 6.07) is 17.1. The maximum Gasteiger partial charge on any atom is 0.407 e. The van der Waals surface area contributed by atoms with E-state index in [-0.39, 0.29) is 18.1 Å². The minimum absolute atomic E-state index is 0.130. The van der Waals surface area contributed by atoms with Gasteiger partial charge in [-0.25, -0.2) is 4.79 Å². The van der Waals surface area contributed by atoms with E-state index in [2.05, 4.69) is 53.8 Å². The molecule has 0 heterocycles. The van der Waals surface area contributed by atoms with Crippen molar-refractivity contribution in [3.05, 3.63) is 59.7 Å². The lowest BCUT2D eigenvalue weighted by Gasteiger charge is -2.21. The fourth-order valence-electron chi connectivity index (χ4n) is 4.41. The predicted octanol–water partition coefficient (Wildman–Crippen LogP) is 5.64. The molecule has 0 unspecified atom stereocenters. The largest absolute Gasteiger partial charge is 0.449 e. The summed E-state index contributed by atoms with van der Waals surface area (Å²) in [6.07, 6.45) is 8.18. The smallest absolute Gasteiger partial charge is 0.407 e. The summed E-state index contributed by atoms with van der Waals surface area (Å²) < 4.78 is 5.66. The van der Waals surface area contributed by atoms with Crippen LogP contribution in [0.3, 0.4) is 0 Å². The lowest BCUT2D eigenvalue weighted by molar-refractivity contribution is 0.137. The van der Waals surface area contributed by atoms with Crippen LogP contribution in [0.2, 0.25) is 0 Å². The van der Waals surface area contributed by atoms with Gasteiger partial charge in [-0.15, -0.1) is 0 Å². The zero-order chi connectivity index (χ0) is 17.8. The molecule has 1 fully saturated rings. The van der Waals surface area contributed by atoms with Crippen LogP contribution in [0.25, 0.3) is 11.1 Å². The van der Waals surface area contributed by atoms with Gasteiger partial charge in [-0.2, -0.15) is 0 Å². The molecule has 2 aliphatic carbocycles. The van der Waals surface area contributed by atoms with Gasteiger partial charge in [0.15, 0.2) is 0 Å². The standard InChI is InChI=1S/C23H27NO2/c25-23(24-17-10-4-2-1-3-5-11-17)26-16-22-20-14-8-6-12-18(20)19-13-7-9-15-21(19)22/h6-9,12-15,17,22H,1-5,10-11,16H2,(H,24,25). The Morgan fingerprint density at radius 1 is 0.846 bits per heavy atom. The lowest BCUT2D eigenvalue weighted by atomic mass is 9.97. The minimum Gasteiger partial charge on any atom is -0.449 e. The van der Waals surface area contributed by atoms with Crippen LogP contribution < -0.4 is 5.32 Å². The van der Waals surface area contributed by atoms with Gasteiger partial charge in [0.25, 0.3) is 0 Å². The monoisotopic (exact) mass is 349 g/mol. The van der Waals surface area contributed by atoms with Gasteiger partial charge in [-0.3, -0.25) is 0 Å². The van der Waals surface area contributed by atoms with Gasteiger partial charge in [0.1, 0.15) is 6.61 Å². The maximum absolute atomic E-state index is 12.4. The first kappa shape index (κ1) is 17.1. The number of nitrogens with one attached hydrogen (secondary N) is 1. The van der Waals surface area contributed by atoms with Crippen molar-refractivity contribution in [3.8, 4) is 11.1 Å². The van der Waals surface area contributed by atoms with E-state index < -0.39 is 0 Å². The average Bonchev–Trinajstić information content (AvgIpc) is 2.96. The van der Waals surface area contributed by atoms with Crippen molar-refractivity contribution in [3.63, 3.8) is 0 Å². The third kappa shape index (κ3) is 3.62. The van der Waals surface area contributed by atoms with Crippen molar-refractivity contribution < 1.29 is 9.53 Å². The minimum atomic E-state index is -0.266. The Hall–Kier alpha value is -2.29. The molecule has 0 bridgehead atoms. The molecule has 1 N–H and O–H groups in total. The third-order valence-corrected chi connectivity index (χ3v) is 5.77. The van der Waals surface area contributed by atoms with Crippen molar-refractivity contribution in [2.24, 2.45) is 0 Å². The molecule has 1 amide bonds. The summed E-state index contributed by atoms with van der Waals surface area (Å²) >= 11 is 0. The van der Waals surface area contributed by atoms with Crippen molar-refractivity contribution in [2.45, 2.75) is 56.9 Å². The highest BCUT2D eigenvalue weighted by atomic mass is 16.5. The first-order valence-electron chi connectivity index (χ1n) is 9.94. The Morgan fingerprint density at radius 3 is 2.00 bits per heavy atom. The van der Waals surface area contributed by atoms with Gasteiger partial charge in [0, 0.05) is 12.0 Å². The van der Waals surface area contributed by atoms with Crippen LogP contribution in [0.1, 0.15) is 62.0 Å². The van der Waals surface area contributed by atoms with Gasteiger partial charge < -0.3 is 10.1 Å². The molecule has 2 aromatic carbocycles. The summed E-state index contributed by atoms with van der Waals surface area (Å²) in [7, 11) is 0. The van der Waals surface area contributed by atoms with E-state index in [1.165, 1.54) is 54.4 Å². The summed E-state index contributed by atoms with van der Waals surface area (Å²) in [6.45, 7) is 0.395. The normalized spacial score (nSPS) is 17.7. The van der Waals surface area contributed by atoms with Crippen LogP contribution >= 0.6 is 0 Å². The molecule has 0 spiro atoms. The first-order chi connectivity index (χ1) is 12.8.